The van der Waals surface area contributed by atoms with Crippen LogP contribution in [0.1, 0.15) is 24.8 Å². The Morgan fingerprint density at radius 1 is 1.31 bits per heavy atom. The lowest BCUT2D eigenvalue weighted by atomic mass is 9.90. The van der Waals surface area contributed by atoms with Gasteiger partial charge in [0.1, 0.15) is 5.58 Å². The third-order valence-corrected chi connectivity index (χ3v) is 6.94. The van der Waals surface area contributed by atoms with Crippen molar-refractivity contribution in [2.75, 3.05) is 18.1 Å². The SMILES string of the molecule is O=C(NCc1ccc2occc2c1)NC1CCOC2(CCS(=O)(=O)C2)C1. The van der Waals surface area contributed by atoms with Gasteiger partial charge in [0.15, 0.2) is 9.84 Å². The van der Waals surface area contributed by atoms with Gasteiger partial charge in [0.25, 0.3) is 0 Å². The molecule has 2 unspecified atom stereocenters. The number of nitrogens with one attached hydrogen (secondary N) is 2. The van der Waals surface area contributed by atoms with Crippen molar-refractivity contribution in [2.45, 2.75) is 37.5 Å². The van der Waals surface area contributed by atoms with Crippen LogP contribution in [0.2, 0.25) is 0 Å². The first-order valence-electron chi connectivity index (χ1n) is 8.78. The number of benzene rings is 1. The molecule has 0 aliphatic carbocycles. The second-order valence-corrected chi connectivity index (χ2v) is 9.37. The Balaban J connectivity index is 1.31. The van der Waals surface area contributed by atoms with Gasteiger partial charge in [-0.3, -0.25) is 0 Å². The van der Waals surface area contributed by atoms with E-state index in [1.54, 1.807) is 6.26 Å². The van der Waals surface area contributed by atoms with Crippen molar-refractivity contribution >= 4 is 26.8 Å². The molecule has 3 heterocycles. The Morgan fingerprint density at radius 3 is 3.00 bits per heavy atom. The van der Waals surface area contributed by atoms with E-state index in [1.165, 1.54) is 0 Å². The summed E-state index contributed by atoms with van der Waals surface area (Å²) in [6.45, 7) is 0.882. The first-order chi connectivity index (χ1) is 12.4. The average Bonchev–Trinajstić information content (AvgIpc) is 3.17. The molecule has 2 aromatic rings. The van der Waals surface area contributed by atoms with Crippen LogP contribution in [0.15, 0.2) is 34.9 Å². The number of hydrogen-bond donors (Lipinski definition) is 2. The highest BCUT2D eigenvalue weighted by Crippen LogP contribution is 2.35. The van der Waals surface area contributed by atoms with E-state index in [1.807, 2.05) is 24.3 Å². The van der Waals surface area contributed by atoms with Crippen LogP contribution in [-0.4, -0.2) is 44.2 Å². The van der Waals surface area contributed by atoms with Crippen LogP contribution in [0.5, 0.6) is 0 Å². The molecule has 1 aromatic carbocycles. The lowest BCUT2D eigenvalue weighted by molar-refractivity contribution is -0.0687. The summed E-state index contributed by atoms with van der Waals surface area (Å²) in [6, 6.07) is 7.34. The predicted molar refractivity (Wildman–Crippen MR) is 96.6 cm³/mol. The highest BCUT2D eigenvalue weighted by atomic mass is 32.2. The fourth-order valence-corrected chi connectivity index (χ4v) is 5.83. The highest BCUT2D eigenvalue weighted by molar-refractivity contribution is 7.91. The van der Waals surface area contributed by atoms with Gasteiger partial charge in [-0.05, 0) is 43.0 Å². The molecule has 0 saturated carbocycles. The van der Waals surface area contributed by atoms with Crippen molar-refractivity contribution in [3.05, 3.63) is 36.1 Å². The summed E-state index contributed by atoms with van der Waals surface area (Å²) in [5.41, 5.74) is 1.18. The third kappa shape index (κ3) is 3.71. The van der Waals surface area contributed by atoms with Gasteiger partial charge in [0.2, 0.25) is 0 Å². The molecule has 0 bridgehead atoms. The van der Waals surface area contributed by atoms with E-state index in [9.17, 15) is 13.2 Å². The van der Waals surface area contributed by atoms with Crippen molar-refractivity contribution in [3.8, 4) is 0 Å². The fourth-order valence-electron chi connectivity index (χ4n) is 3.86. The standard InChI is InChI=1S/C18H22N2O5S/c21-17(19-11-13-1-2-16-14(9-13)3-6-24-16)20-15-4-7-25-18(10-15)5-8-26(22,23)12-18/h1-3,6,9,15H,4-5,7-8,10-12H2,(H2,19,20,21). The maximum Gasteiger partial charge on any atom is 0.315 e. The summed E-state index contributed by atoms with van der Waals surface area (Å²) in [4.78, 5) is 12.2. The van der Waals surface area contributed by atoms with Crippen molar-refractivity contribution in [3.63, 3.8) is 0 Å². The minimum Gasteiger partial charge on any atom is -0.464 e. The average molecular weight is 378 g/mol. The zero-order valence-corrected chi connectivity index (χ0v) is 15.2. The van der Waals surface area contributed by atoms with Crippen LogP contribution in [0.3, 0.4) is 0 Å². The smallest absolute Gasteiger partial charge is 0.315 e. The van der Waals surface area contributed by atoms with Crippen LogP contribution < -0.4 is 10.6 Å². The van der Waals surface area contributed by atoms with E-state index in [-0.39, 0.29) is 23.6 Å². The molecule has 4 rings (SSSR count). The topological polar surface area (TPSA) is 97.6 Å². The van der Waals surface area contributed by atoms with Gasteiger partial charge in [-0.25, -0.2) is 13.2 Å². The van der Waals surface area contributed by atoms with Gasteiger partial charge in [0, 0.05) is 24.6 Å². The molecule has 2 atom stereocenters. The Bertz CT molecular complexity index is 923. The second-order valence-electron chi connectivity index (χ2n) is 7.18. The van der Waals surface area contributed by atoms with Gasteiger partial charge in [0.05, 0.1) is 23.4 Å². The molecule has 7 nitrogen and oxygen atoms in total. The van der Waals surface area contributed by atoms with E-state index >= 15 is 0 Å². The lowest BCUT2D eigenvalue weighted by Gasteiger charge is -2.37. The summed E-state index contributed by atoms with van der Waals surface area (Å²) in [5, 5.41) is 6.81. The van der Waals surface area contributed by atoms with E-state index in [2.05, 4.69) is 10.6 Å². The normalized spacial score (nSPS) is 27.6. The molecule has 0 radical (unpaired) electrons. The second kappa shape index (κ2) is 6.59. The molecule has 8 heteroatoms. The molecule has 1 aromatic heterocycles. The Hall–Kier alpha value is -2.06. The molecule has 2 aliphatic rings. The number of carbonyl (C=O) groups is 1. The van der Waals surface area contributed by atoms with Gasteiger partial charge >= 0.3 is 6.03 Å². The minimum atomic E-state index is -3.03. The van der Waals surface area contributed by atoms with E-state index < -0.39 is 15.4 Å². The van der Waals surface area contributed by atoms with Gasteiger partial charge in [-0.15, -0.1) is 0 Å². The zero-order chi connectivity index (χ0) is 18.2. The first kappa shape index (κ1) is 17.4. The Morgan fingerprint density at radius 2 is 2.19 bits per heavy atom. The van der Waals surface area contributed by atoms with Crippen LogP contribution in [0, 0.1) is 0 Å². The van der Waals surface area contributed by atoms with Gasteiger partial charge in [-0.1, -0.05) is 6.07 Å². The van der Waals surface area contributed by atoms with Crippen molar-refractivity contribution in [2.24, 2.45) is 0 Å². The van der Waals surface area contributed by atoms with Gasteiger partial charge < -0.3 is 19.8 Å². The van der Waals surface area contributed by atoms with Crippen LogP contribution in [0.4, 0.5) is 4.79 Å². The first-order valence-corrected chi connectivity index (χ1v) is 10.6. The summed E-state index contributed by atoms with van der Waals surface area (Å²) < 4.78 is 34.6. The molecule has 2 aliphatic heterocycles. The number of ether oxygens (including phenoxy) is 1. The number of sulfone groups is 1. The molecule has 26 heavy (non-hydrogen) atoms. The van der Waals surface area contributed by atoms with Crippen LogP contribution in [-0.2, 0) is 21.1 Å². The molecule has 2 amide bonds. The maximum absolute atomic E-state index is 12.2. The number of carbonyl (C=O) groups excluding carboxylic acids is 1. The lowest BCUT2D eigenvalue weighted by Crippen LogP contribution is -2.51. The van der Waals surface area contributed by atoms with Crippen molar-refractivity contribution in [1.29, 1.82) is 0 Å². The minimum absolute atomic E-state index is 0.0600. The monoisotopic (exact) mass is 378 g/mol. The number of amides is 2. The Kier molecular flexibility index (Phi) is 4.40. The number of furan rings is 1. The molecular formula is C18H22N2O5S. The van der Waals surface area contributed by atoms with Crippen molar-refractivity contribution < 1.29 is 22.4 Å². The zero-order valence-electron chi connectivity index (χ0n) is 14.4. The molecular weight excluding hydrogens is 356 g/mol. The third-order valence-electron chi connectivity index (χ3n) is 5.15. The van der Waals surface area contributed by atoms with E-state index in [4.69, 9.17) is 9.15 Å². The summed E-state index contributed by atoms with van der Waals surface area (Å²) in [6.07, 6.45) is 3.38. The molecule has 1 spiro atoms. The Labute approximate surface area is 152 Å². The molecule has 2 N–H and O–H groups in total. The molecule has 2 saturated heterocycles. The number of fused-ring (bicyclic) bond motifs is 1. The quantitative estimate of drug-likeness (QED) is 0.851. The fraction of sp³-hybridized carbons (Fsp3) is 0.500. The van der Waals surface area contributed by atoms with E-state index in [0.29, 0.717) is 32.4 Å². The van der Waals surface area contributed by atoms with Gasteiger partial charge in [-0.2, -0.15) is 0 Å². The van der Waals surface area contributed by atoms with Crippen LogP contribution in [0.25, 0.3) is 11.0 Å². The summed E-state index contributed by atoms with van der Waals surface area (Å²) in [5.74, 6) is 0.229. The molecule has 2 fully saturated rings. The van der Waals surface area contributed by atoms with E-state index in [0.717, 1.165) is 16.5 Å². The largest absolute Gasteiger partial charge is 0.464 e. The summed E-state index contributed by atoms with van der Waals surface area (Å²) >= 11 is 0. The summed E-state index contributed by atoms with van der Waals surface area (Å²) in [7, 11) is -3.03. The highest BCUT2D eigenvalue weighted by Gasteiger charge is 2.46. The molecule has 140 valence electrons. The maximum atomic E-state index is 12.2. The number of rotatable bonds is 3. The predicted octanol–water partition coefficient (Wildman–Crippen LogP) is 1.97. The number of urea groups is 1. The van der Waals surface area contributed by atoms with Crippen LogP contribution >= 0.6 is 0 Å². The van der Waals surface area contributed by atoms with Crippen molar-refractivity contribution in [1.82, 2.24) is 10.6 Å². The number of hydrogen-bond acceptors (Lipinski definition) is 5.